The normalized spacial score (nSPS) is 19.1. The lowest BCUT2D eigenvalue weighted by Crippen LogP contribution is -2.43. The lowest BCUT2D eigenvalue weighted by molar-refractivity contribution is -0.0707. The predicted molar refractivity (Wildman–Crippen MR) is 166 cm³/mol. The maximum absolute atomic E-state index is 13.7. The molecule has 0 N–H and O–H groups in total. The molecule has 234 valence electrons. The first kappa shape index (κ1) is 31.0. The Labute approximate surface area is 271 Å². The Hall–Kier alpha value is -4.97. The smallest absolute Gasteiger partial charge is 0.338 e. The van der Waals surface area contributed by atoms with Gasteiger partial charge in [-0.15, -0.1) is 0 Å². The first-order chi connectivity index (χ1) is 22.2. The number of nitrogens with zero attached hydrogens (tertiary/aromatic N) is 3. The van der Waals surface area contributed by atoms with Crippen LogP contribution in [0.5, 0.6) is 0 Å². The Morgan fingerprint density at radius 1 is 0.761 bits per heavy atom. The SMILES string of the molecule is Cc1cn2c(n1)c(Cl)c(Cl)c(=O)n2[C@@H]1O[C@H](COC(=O)c2ccccc2)[C@@H](OC(=O)c2ccccc2)[C@H]1OC(=O)c1ccccc1. The average Bonchev–Trinajstić information content (AvgIpc) is 3.63. The third kappa shape index (κ3) is 6.12. The van der Waals surface area contributed by atoms with Crippen molar-refractivity contribution in [1.29, 1.82) is 0 Å². The lowest BCUT2D eigenvalue weighted by Gasteiger charge is -2.25. The van der Waals surface area contributed by atoms with E-state index in [1.165, 1.54) is 10.7 Å². The van der Waals surface area contributed by atoms with E-state index in [4.69, 9.17) is 42.1 Å². The molecule has 1 aliphatic rings. The second kappa shape index (κ2) is 13.2. The zero-order valence-corrected chi connectivity index (χ0v) is 25.6. The zero-order valence-electron chi connectivity index (χ0n) is 24.1. The Morgan fingerprint density at radius 3 is 1.80 bits per heavy atom. The number of halogens is 2. The molecule has 1 fully saturated rings. The van der Waals surface area contributed by atoms with E-state index in [-0.39, 0.29) is 32.4 Å². The fourth-order valence-electron chi connectivity index (χ4n) is 5.08. The molecule has 13 heteroatoms. The van der Waals surface area contributed by atoms with Gasteiger partial charge in [-0.3, -0.25) is 4.79 Å². The molecule has 3 heterocycles. The van der Waals surface area contributed by atoms with Gasteiger partial charge in [0.15, 0.2) is 24.1 Å². The third-order valence-electron chi connectivity index (χ3n) is 7.25. The highest BCUT2D eigenvalue weighted by atomic mass is 35.5. The molecule has 4 atom stereocenters. The van der Waals surface area contributed by atoms with Crippen LogP contribution >= 0.6 is 23.2 Å². The Balaban J connectivity index is 1.44. The predicted octanol–water partition coefficient (Wildman–Crippen LogP) is 5.32. The molecule has 0 aliphatic carbocycles. The van der Waals surface area contributed by atoms with Gasteiger partial charge >= 0.3 is 17.9 Å². The van der Waals surface area contributed by atoms with Gasteiger partial charge in [0.25, 0.3) is 5.56 Å². The summed E-state index contributed by atoms with van der Waals surface area (Å²) in [5.41, 5.74) is 0.512. The first-order valence-electron chi connectivity index (χ1n) is 14.1. The van der Waals surface area contributed by atoms with Gasteiger partial charge in [-0.1, -0.05) is 77.8 Å². The summed E-state index contributed by atoms with van der Waals surface area (Å²) in [6, 6.07) is 24.5. The fraction of sp³-hybridized carbons (Fsp3) is 0.182. The van der Waals surface area contributed by atoms with Gasteiger partial charge in [0.1, 0.15) is 22.8 Å². The monoisotopic (exact) mass is 661 g/mol. The van der Waals surface area contributed by atoms with Crippen LogP contribution in [-0.2, 0) is 18.9 Å². The Bertz CT molecular complexity index is 1970. The van der Waals surface area contributed by atoms with E-state index >= 15 is 0 Å². The first-order valence-corrected chi connectivity index (χ1v) is 14.8. The van der Waals surface area contributed by atoms with Gasteiger partial charge in [0.05, 0.1) is 28.6 Å². The van der Waals surface area contributed by atoms with Crippen molar-refractivity contribution in [2.24, 2.45) is 0 Å². The highest BCUT2D eigenvalue weighted by Crippen LogP contribution is 2.36. The van der Waals surface area contributed by atoms with Gasteiger partial charge in [0, 0.05) is 0 Å². The van der Waals surface area contributed by atoms with Crippen molar-refractivity contribution < 1.29 is 33.3 Å². The van der Waals surface area contributed by atoms with Crippen molar-refractivity contribution in [1.82, 2.24) is 14.2 Å². The minimum atomic E-state index is -1.44. The molecule has 0 radical (unpaired) electrons. The van der Waals surface area contributed by atoms with Gasteiger partial charge in [-0.25, -0.2) is 28.6 Å². The summed E-state index contributed by atoms with van der Waals surface area (Å²) in [5, 5.41) is -0.444. The summed E-state index contributed by atoms with van der Waals surface area (Å²) < 4.78 is 26.2. The van der Waals surface area contributed by atoms with Crippen LogP contribution < -0.4 is 5.56 Å². The molecular weight excluding hydrogens is 637 g/mol. The summed E-state index contributed by atoms with van der Waals surface area (Å²) in [4.78, 5) is 57.8. The van der Waals surface area contributed by atoms with Crippen molar-refractivity contribution in [3.8, 4) is 0 Å². The number of rotatable bonds is 8. The molecule has 11 nitrogen and oxygen atoms in total. The molecule has 2 aromatic heterocycles. The number of carbonyl (C=O) groups excluding carboxylic acids is 3. The highest BCUT2D eigenvalue weighted by molar-refractivity contribution is 6.43. The number of esters is 3. The van der Waals surface area contributed by atoms with E-state index in [9.17, 15) is 19.2 Å². The fourth-order valence-corrected chi connectivity index (χ4v) is 5.46. The van der Waals surface area contributed by atoms with Gasteiger partial charge in [-0.2, -0.15) is 0 Å². The maximum atomic E-state index is 13.7. The van der Waals surface area contributed by atoms with Crippen molar-refractivity contribution in [2.45, 2.75) is 31.5 Å². The summed E-state index contributed by atoms with van der Waals surface area (Å²) in [7, 11) is 0. The summed E-state index contributed by atoms with van der Waals surface area (Å²) in [6.07, 6.45) is -3.94. The van der Waals surface area contributed by atoms with Crippen LogP contribution in [0.25, 0.3) is 5.65 Å². The quantitative estimate of drug-likeness (QED) is 0.160. The number of ether oxygens (including phenoxy) is 4. The number of aryl methyl sites for hydroxylation is 1. The van der Waals surface area contributed by atoms with E-state index in [0.29, 0.717) is 5.69 Å². The molecule has 46 heavy (non-hydrogen) atoms. The van der Waals surface area contributed by atoms with E-state index in [1.54, 1.807) is 97.9 Å². The molecule has 1 aliphatic heterocycles. The minimum absolute atomic E-state index is 0.0905. The van der Waals surface area contributed by atoms with Crippen molar-refractivity contribution in [3.63, 3.8) is 0 Å². The van der Waals surface area contributed by atoms with Crippen LogP contribution in [0.15, 0.2) is 102 Å². The number of hydrogen-bond acceptors (Lipinski definition) is 9. The van der Waals surface area contributed by atoms with Crippen LogP contribution in [-0.4, -0.2) is 57.0 Å². The molecule has 3 aromatic carbocycles. The summed E-state index contributed by atoms with van der Waals surface area (Å²) in [5.74, 6) is -2.22. The van der Waals surface area contributed by atoms with Crippen LogP contribution in [0.3, 0.4) is 0 Å². The molecule has 0 unspecified atom stereocenters. The second-order valence-electron chi connectivity index (χ2n) is 10.3. The summed E-state index contributed by atoms with van der Waals surface area (Å²) >= 11 is 12.7. The summed E-state index contributed by atoms with van der Waals surface area (Å²) in [6.45, 7) is 1.25. The maximum Gasteiger partial charge on any atom is 0.338 e. The Morgan fingerprint density at radius 2 is 1.26 bits per heavy atom. The van der Waals surface area contributed by atoms with Crippen LogP contribution in [0.4, 0.5) is 0 Å². The van der Waals surface area contributed by atoms with Crippen LogP contribution in [0, 0.1) is 6.92 Å². The van der Waals surface area contributed by atoms with Gasteiger partial charge < -0.3 is 18.9 Å². The van der Waals surface area contributed by atoms with Crippen LogP contribution in [0.2, 0.25) is 10.0 Å². The minimum Gasteiger partial charge on any atom is -0.459 e. The molecule has 0 spiro atoms. The third-order valence-corrected chi connectivity index (χ3v) is 8.05. The van der Waals surface area contributed by atoms with Crippen molar-refractivity contribution >= 4 is 46.8 Å². The zero-order chi connectivity index (χ0) is 32.4. The van der Waals surface area contributed by atoms with Crippen LogP contribution in [0.1, 0.15) is 43.0 Å². The number of aromatic nitrogens is 3. The van der Waals surface area contributed by atoms with Crippen molar-refractivity contribution in [2.75, 3.05) is 6.61 Å². The number of hydrogen-bond donors (Lipinski definition) is 0. The number of carbonyl (C=O) groups is 3. The molecule has 0 bridgehead atoms. The van der Waals surface area contributed by atoms with Gasteiger partial charge in [0.2, 0.25) is 0 Å². The lowest BCUT2D eigenvalue weighted by atomic mass is 10.1. The number of fused-ring (bicyclic) bond motifs is 1. The molecule has 1 saturated heterocycles. The number of imidazole rings is 1. The highest BCUT2D eigenvalue weighted by Gasteiger charge is 2.52. The topological polar surface area (TPSA) is 127 Å². The second-order valence-corrected chi connectivity index (χ2v) is 11.1. The van der Waals surface area contributed by atoms with E-state index in [2.05, 4.69) is 4.98 Å². The Kier molecular flexibility index (Phi) is 8.89. The molecule has 5 aromatic rings. The standard InChI is InChI=1S/C33H25Cl2N3O8/c1-19-17-37-28(36-19)24(34)25(35)29(39)38(37)30-27(46-33(42)22-15-9-4-10-16-22)26(45-32(41)21-13-7-3-8-14-21)23(44-30)18-43-31(40)20-11-5-2-6-12-20/h2-17,23,26-27,30H,18H2,1H3/t23-,26-,27-,30-/m1/s1. The largest absolute Gasteiger partial charge is 0.459 e. The van der Waals surface area contributed by atoms with E-state index < -0.39 is 54.6 Å². The molecule has 0 saturated carbocycles. The molecule has 0 amide bonds. The molecular formula is C33H25Cl2N3O8. The number of benzene rings is 3. The molecule has 6 rings (SSSR count). The average molecular weight is 662 g/mol. The van der Waals surface area contributed by atoms with E-state index in [1.807, 2.05) is 0 Å². The van der Waals surface area contributed by atoms with Gasteiger partial charge in [-0.05, 0) is 43.3 Å². The van der Waals surface area contributed by atoms with E-state index in [0.717, 1.165) is 4.68 Å². The van der Waals surface area contributed by atoms with Crippen molar-refractivity contribution in [3.05, 3.63) is 140 Å².